The molecule has 27 heavy (non-hydrogen) atoms. The van der Waals surface area contributed by atoms with E-state index in [9.17, 15) is 9.59 Å². The number of alkyl halides is 1. The fourth-order valence-corrected chi connectivity index (χ4v) is 7.28. The average molecular weight is 374 g/mol. The lowest BCUT2D eigenvalue weighted by molar-refractivity contribution is -0.183. The van der Waals surface area contributed by atoms with Gasteiger partial charge < -0.3 is 4.74 Å². The first kappa shape index (κ1) is 19.0. The van der Waals surface area contributed by atoms with Crippen LogP contribution in [0.4, 0.5) is 4.39 Å². The second-order valence-corrected chi connectivity index (χ2v) is 9.49. The minimum Gasteiger partial charge on any atom is -0.370 e. The monoisotopic (exact) mass is 374 g/mol. The summed E-state index contributed by atoms with van der Waals surface area (Å²) < 4.78 is 22.7. The molecule has 0 radical (unpaired) electrons. The standard InChI is InChI=1S/C23H31FO3/c1-5-19(26)23(27-4)11-9-17-18-7-6-15-14-16(25)8-10-20(15,2)22(18,24)13-12-21(17,23)3/h8,10,14,17-18H,5-7,9,11-13H2,1-4H3/t17-,18-,20-,21-,22+,23-/m0/s1. The highest BCUT2D eigenvalue weighted by Crippen LogP contribution is 2.70. The topological polar surface area (TPSA) is 43.4 Å². The summed E-state index contributed by atoms with van der Waals surface area (Å²) in [4.78, 5) is 24.8. The molecule has 6 atom stereocenters. The third-order valence-electron chi connectivity index (χ3n) is 8.90. The maximum atomic E-state index is 16.8. The van der Waals surface area contributed by atoms with Gasteiger partial charge in [-0.05, 0) is 69.4 Å². The predicted octanol–water partition coefficient (Wildman–Crippen LogP) is 4.75. The van der Waals surface area contributed by atoms with Gasteiger partial charge in [-0.1, -0.05) is 25.5 Å². The van der Waals surface area contributed by atoms with Crippen molar-refractivity contribution in [3.8, 4) is 0 Å². The van der Waals surface area contributed by atoms with Gasteiger partial charge in [-0.25, -0.2) is 4.39 Å². The lowest BCUT2D eigenvalue weighted by Gasteiger charge is -2.61. The van der Waals surface area contributed by atoms with Crippen LogP contribution in [0.5, 0.6) is 0 Å². The smallest absolute Gasteiger partial charge is 0.178 e. The van der Waals surface area contributed by atoms with E-state index in [0.717, 1.165) is 24.8 Å². The van der Waals surface area contributed by atoms with Crippen LogP contribution >= 0.6 is 0 Å². The number of allylic oxidation sites excluding steroid dienone is 4. The Morgan fingerprint density at radius 2 is 1.96 bits per heavy atom. The second kappa shape index (κ2) is 5.85. The van der Waals surface area contributed by atoms with Gasteiger partial charge in [-0.3, -0.25) is 9.59 Å². The number of hydrogen-bond acceptors (Lipinski definition) is 3. The maximum Gasteiger partial charge on any atom is 0.178 e. The van der Waals surface area contributed by atoms with Crippen LogP contribution in [-0.4, -0.2) is 29.9 Å². The van der Waals surface area contributed by atoms with Gasteiger partial charge in [0.1, 0.15) is 11.3 Å². The normalized spacial score (nSPS) is 48.5. The van der Waals surface area contributed by atoms with E-state index in [4.69, 9.17) is 4.74 Å². The molecule has 0 amide bonds. The number of ether oxygens (including phenoxy) is 1. The molecule has 3 nitrogen and oxygen atoms in total. The zero-order valence-electron chi connectivity index (χ0n) is 16.9. The molecule has 4 aliphatic carbocycles. The Balaban J connectivity index is 1.76. The Morgan fingerprint density at radius 1 is 1.22 bits per heavy atom. The zero-order valence-corrected chi connectivity index (χ0v) is 16.9. The minimum absolute atomic E-state index is 0.0296. The van der Waals surface area contributed by atoms with Crippen molar-refractivity contribution in [3.05, 3.63) is 23.8 Å². The molecule has 3 fully saturated rings. The zero-order chi connectivity index (χ0) is 19.7. The molecule has 3 saturated carbocycles. The van der Waals surface area contributed by atoms with Crippen molar-refractivity contribution < 1.29 is 18.7 Å². The van der Waals surface area contributed by atoms with Gasteiger partial charge in [0, 0.05) is 24.4 Å². The van der Waals surface area contributed by atoms with Crippen molar-refractivity contribution in [2.24, 2.45) is 22.7 Å². The molecular weight excluding hydrogens is 343 g/mol. The third kappa shape index (κ3) is 2.11. The Labute approximate surface area is 161 Å². The van der Waals surface area contributed by atoms with Crippen LogP contribution in [0.2, 0.25) is 0 Å². The molecule has 4 rings (SSSR count). The molecule has 0 aliphatic heterocycles. The van der Waals surface area contributed by atoms with Gasteiger partial charge in [0.05, 0.1) is 0 Å². The molecule has 0 bridgehead atoms. The summed E-state index contributed by atoms with van der Waals surface area (Å²) in [5.74, 6) is 0.166. The summed E-state index contributed by atoms with van der Waals surface area (Å²) in [6, 6.07) is 0. The van der Waals surface area contributed by atoms with Crippen LogP contribution in [0.1, 0.15) is 65.7 Å². The van der Waals surface area contributed by atoms with Gasteiger partial charge in [-0.2, -0.15) is 0 Å². The van der Waals surface area contributed by atoms with E-state index in [2.05, 4.69) is 6.92 Å². The number of methoxy groups -OCH3 is 1. The van der Waals surface area contributed by atoms with E-state index < -0.39 is 16.7 Å². The Morgan fingerprint density at radius 3 is 2.63 bits per heavy atom. The number of ketones is 2. The number of fused-ring (bicyclic) bond motifs is 5. The third-order valence-corrected chi connectivity index (χ3v) is 8.90. The number of halogens is 1. The first-order valence-corrected chi connectivity index (χ1v) is 10.4. The van der Waals surface area contributed by atoms with E-state index in [1.54, 1.807) is 13.2 Å². The van der Waals surface area contributed by atoms with Crippen molar-refractivity contribution in [3.63, 3.8) is 0 Å². The molecule has 0 unspecified atom stereocenters. The Bertz CT molecular complexity index is 755. The molecule has 0 spiro atoms. The lowest BCUT2D eigenvalue weighted by atomic mass is 9.45. The van der Waals surface area contributed by atoms with Gasteiger partial charge in [0.15, 0.2) is 11.6 Å². The molecule has 0 aromatic rings. The average Bonchev–Trinajstić information content (AvgIpc) is 2.96. The van der Waals surface area contributed by atoms with Gasteiger partial charge >= 0.3 is 0 Å². The number of Topliss-reactive ketones (excluding diaryl/α,β-unsaturated/α-hetero) is 1. The van der Waals surface area contributed by atoms with E-state index in [-0.39, 0.29) is 28.8 Å². The molecule has 0 N–H and O–H groups in total. The summed E-state index contributed by atoms with van der Waals surface area (Å²) in [6.07, 6.45) is 9.56. The Hall–Kier alpha value is -1.29. The van der Waals surface area contributed by atoms with Gasteiger partial charge in [0.2, 0.25) is 0 Å². The summed E-state index contributed by atoms with van der Waals surface area (Å²) in [6.45, 7) is 6.02. The van der Waals surface area contributed by atoms with Crippen LogP contribution in [0, 0.1) is 22.7 Å². The number of carbonyl (C=O) groups is 2. The molecule has 148 valence electrons. The highest BCUT2D eigenvalue weighted by molar-refractivity contribution is 6.01. The van der Waals surface area contributed by atoms with Gasteiger partial charge in [0.25, 0.3) is 0 Å². The lowest BCUT2D eigenvalue weighted by Crippen LogP contribution is -2.63. The van der Waals surface area contributed by atoms with Gasteiger partial charge in [-0.15, -0.1) is 0 Å². The number of hydrogen-bond donors (Lipinski definition) is 0. The Kier molecular flexibility index (Phi) is 4.13. The fourth-order valence-electron chi connectivity index (χ4n) is 7.28. The predicted molar refractivity (Wildman–Crippen MR) is 102 cm³/mol. The first-order chi connectivity index (χ1) is 12.7. The van der Waals surface area contributed by atoms with Crippen molar-refractivity contribution in [1.82, 2.24) is 0 Å². The summed E-state index contributed by atoms with van der Waals surface area (Å²) in [7, 11) is 1.65. The molecule has 4 aliphatic rings. The van der Waals surface area contributed by atoms with E-state index in [0.29, 0.717) is 25.7 Å². The van der Waals surface area contributed by atoms with E-state index in [1.807, 2.05) is 19.9 Å². The maximum absolute atomic E-state index is 16.8. The first-order valence-electron chi connectivity index (χ1n) is 10.4. The van der Waals surface area contributed by atoms with Crippen molar-refractivity contribution in [2.75, 3.05) is 7.11 Å². The number of carbonyl (C=O) groups excluding carboxylic acids is 2. The highest BCUT2D eigenvalue weighted by atomic mass is 19.1. The second-order valence-electron chi connectivity index (χ2n) is 9.49. The van der Waals surface area contributed by atoms with Crippen molar-refractivity contribution >= 4 is 11.6 Å². The largest absolute Gasteiger partial charge is 0.370 e. The van der Waals surface area contributed by atoms with Crippen LogP contribution in [0.15, 0.2) is 23.8 Å². The summed E-state index contributed by atoms with van der Waals surface area (Å²) >= 11 is 0. The van der Waals surface area contributed by atoms with Crippen LogP contribution in [0.3, 0.4) is 0 Å². The van der Waals surface area contributed by atoms with Crippen LogP contribution < -0.4 is 0 Å². The fraction of sp³-hybridized carbons (Fsp3) is 0.739. The van der Waals surface area contributed by atoms with E-state index >= 15 is 4.39 Å². The van der Waals surface area contributed by atoms with E-state index in [1.165, 1.54) is 6.08 Å². The molecule has 0 aromatic heterocycles. The van der Waals surface area contributed by atoms with Crippen LogP contribution in [-0.2, 0) is 14.3 Å². The molecule has 4 heteroatoms. The summed E-state index contributed by atoms with van der Waals surface area (Å²) in [5.41, 5.74) is -2.22. The van der Waals surface area contributed by atoms with Crippen LogP contribution in [0.25, 0.3) is 0 Å². The quantitative estimate of drug-likeness (QED) is 0.716. The molecule has 0 saturated heterocycles. The number of rotatable bonds is 3. The SMILES string of the molecule is CCC(=O)[C@@]1(OC)CC[C@H]2[C@@H]3CCC4=CC(=O)C=C[C@]4(C)[C@@]3(F)CC[C@@]21C. The van der Waals surface area contributed by atoms with Crippen molar-refractivity contribution in [1.29, 1.82) is 0 Å². The van der Waals surface area contributed by atoms with Crippen molar-refractivity contribution in [2.45, 2.75) is 77.0 Å². The molecule has 0 aromatic carbocycles. The highest BCUT2D eigenvalue weighted by Gasteiger charge is 2.71. The molecular formula is C23H31FO3. The summed E-state index contributed by atoms with van der Waals surface area (Å²) in [5, 5.41) is 0. The minimum atomic E-state index is -1.36. The molecule has 0 heterocycles.